The van der Waals surface area contributed by atoms with Gasteiger partial charge in [0.2, 0.25) is 5.91 Å². The minimum Gasteiger partial charge on any atom is -0.495 e. The second-order valence-electron chi connectivity index (χ2n) is 5.40. The quantitative estimate of drug-likeness (QED) is 0.723. The molecule has 0 radical (unpaired) electrons. The molecule has 130 valence electrons. The zero-order valence-corrected chi connectivity index (χ0v) is 14.4. The van der Waals surface area contributed by atoms with Gasteiger partial charge in [0.05, 0.1) is 18.5 Å². The number of rotatable bonds is 5. The van der Waals surface area contributed by atoms with Gasteiger partial charge < -0.3 is 10.1 Å². The Kier molecular flexibility index (Phi) is 4.71. The minimum absolute atomic E-state index is 0.119. The van der Waals surface area contributed by atoms with E-state index in [9.17, 15) is 9.59 Å². The van der Waals surface area contributed by atoms with Gasteiger partial charge in [-0.3, -0.25) is 14.7 Å². The van der Waals surface area contributed by atoms with Crippen molar-refractivity contribution in [3.63, 3.8) is 0 Å². The summed E-state index contributed by atoms with van der Waals surface area (Å²) >= 11 is 5.95. The van der Waals surface area contributed by atoms with Gasteiger partial charge in [-0.25, -0.2) is 9.97 Å². The number of aromatic amines is 1. The largest absolute Gasteiger partial charge is 0.495 e. The average Bonchev–Trinajstić information content (AvgIpc) is 3.03. The van der Waals surface area contributed by atoms with E-state index >= 15 is 0 Å². The fourth-order valence-corrected chi connectivity index (χ4v) is 2.68. The lowest BCUT2D eigenvalue weighted by Crippen LogP contribution is -2.23. The summed E-state index contributed by atoms with van der Waals surface area (Å²) < 4.78 is 6.44. The van der Waals surface area contributed by atoms with Crippen LogP contribution in [0.4, 0.5) is 5.69 Å². The Morgan fingerprint density at radius 3 is 3.00 bits per heavy atom. The lowest BCUT2D eigenvalue weighted by Gasteiger charge is -2.11. The Hall–Kier alpha value is -2.87. The van der Waals surface area contributed by atoms with Crippen molar-refractivity contribution in [2.24, 2.45) is 0 Å². The first-order valence-corrected chi connectivity index (χ1v) is 7.92. The SMILES string of the molecule is COc1ccc(Cl)cc1NC(=O)CCc1c(C)nc2nc[nH]n2c1=O. The number of anilines is 1. The molecule has 0 spiro atoms. The molecule has 3 rings (SSSR count). The van der Waals surface area contributed by atoms with Crippen molar-refractivity contribution in [3.05, 3.63) is 51.2 Å². The number of nitrogens with zero attached hydrogens (tertiary/aromatic N) is 3. The van der Waals surface area contributed by atoms with Crippen LogP contribution >= 0.6 is 11.6 Å². The Balaban J connectivity index is 1.75. The first-order valence-electron chi connectivity index (χ1n) is 7.54. The van der Waals surface area contributed by atoms with Gasteiger partial charge in [0.25, 0.3) is 11.3 Å². The number of ether oxygens (including phenoxy) is 1. The minimum atomic E-state index is -0.256. The van der Waals surface area contributed by atoms with Crippen molar-refractivity contribution >= 4 is 29.0 Å². The summed E-state index contributed by atoms with van der Waals surface area (Å²) in [7, 11) is 1.51. The van der Waals surface area contributed by atoms with Gasteiger partial charge >= 0.3 is 0 Å². The maximum Gasteiger partial charge on any atom is 0.277 e. The van der Waals surface area contributed by atoms with E-state index in [1.807, 2.05) is 0 Å². The van der Waals surface area contributed by atoms with Crippen molar-refractivity contribution in [2.45, 2.75) is 19.8 Å². The van der Waals surface area contributed by atoms with Crippen molar-refractivity contribution in [1.29, 1.82) is 0 Å². The highest BCUT2D eigenvalue weighted by Gasteiger charge is 2.14. The molecule has 3 aromatic rings. The number of methoxy groups -OCH3 is 1. The van der Waals surface area contributed by atoms with E-state index in [0.29, 0.717) is 33.5 Å². The van der Waals surface area contributed by atoms with E-state index in [2.05, 4.69) is 20.4 Å². The van der Waals surface area contributed by atoms with Gasteiger partial charge in [0.15, 0.2) is 0 Å². The average molecular weight is 362 g/mol. The summed E-state index contributed by atoms with van der Waals surface area (Å²) in [5.41, 5.74) is 1.25. The van der Waals surface area contributed by atoms with Crippen LogP contribution in [0.5, 0.6) is 5.75 Å². The third-order valence-corrected chi connectivity index (χ3v) is 4.01. The second-order valence-corrected chi connectivity index (χ2v) is 5.83. The predicted molar refractivity (Wildman–Crippen MR) is 93.3 cm³/mol. The number of carbonyl (C=O) groups is 1. The molecule has 2 aromatic heterocycles. The lowest BCUT2D eigenvalue weighted by atomic mass is 10.1. The third kappa shape index (κ3) is 3.48. The Morgan fingerprint density at radius 1 is 1.44 bits per heavy atom. The van der Waals surface area contributed by atoms with Crippen LogP contribution in [0.15, 0.2) is 29.3 Å². The number of nitrogens with one attached hydrogen (secondary N) is 2. The summed E-state index contributed by atoms with van der Waals surface area (Å²) in [6.07, 6.45) is 1.77. The molecule has 0 aliphatic heterocycles. The molecular formula is C16H16ClN5O3. The van der Waals surface area contributed by atoms with Gasteiger partial charge in [0.1, 0.15) is 12.1 Å². The number of H-pyrrole nitrogens is 1. The van der Waals surface area contributed by atoms with E-state index in [1.165, 1.54) is 18.0 Å². The number of amides is 1. The molecule has 0 aliphatic rings. The number of hydrogen-bond acceptors (Lipinski definition) is 5. The molecule has 0 unspecified atom stereocenters. The van der Waals surface area contributed by atoms with Crippen LogP contribution < -0.4 is 15.6 Å². The van der Waals surface area contributed by atoms with Crippen molar-refractivity contribution < 1.29 is 9.53 Å². The predicted octanol–water partition coefficient (Wildman–Crippen LogP) is 1.96. The van der Waals surface area contributed by atoms with E-state index in [-0.39, 0.29) is 24.3 Å². The van der Waals surface area contributed by atoms with Crippen molar-refractivity contribution in [2.75, 3.05) is 12.4 Å². The molecule has 0 atom stereocenters. The molecule has 0 saturated carbocycles. The number of hydrogen-bond donors (Lipinski definition) is 2. The molecule has 25 heavy (non-hydrogen) atoms. The summed E-state index contributed by atoms with van der Waals surface area (Å²) in [5.74, 6) is 0.558. The monoisotopic (exact) mass is 361 g/mol. The fourth-order valence-electron chi connectivity index (χ4n) is 2.51. The normalized spacial score (nSPS) is 10.8. The van der Waals surface area contributed by atoms with E-state index in [0.717, 1.165) is 0 Å². The molecule has 2 N–H and O–H groups in total. The number of halogens is 1. The van der Waals surface area contributed by atoms with Crippen molar-refractivity contribution in [3.8, 4) is 5.75 Å². The highest BCUT2D eigenvalue weighted by molar-refractivity contribution is 6.31. The van der Waals surface area contributed by atoms with Crippen molar-refractivity contribution in [1.82, 2.24) is 19.6 Å². The van der Waals surface area contributed by atoms with Crippen LogP contribution in [-0.4, -0.2) is 32.6 Å². The van der Waals surface area contributed by atoms with E-state index in [4.69, 9.17) is 16.3 Å². The van der Waals surface area contributed by atoms with Crippen LogP contribution in [0.2, 0.25) is 5.02 Å². The molecule has 1 aromatic carbocycles. The zero-order chi connectivity index (χ0) is 18.0. The van der Waals surface area contributed by atoms with Gasteiger partial charge in [-0.05, 0) is 31.5 Å². The number of carbonyl (C=O) groups excluding carboxylic acids is 1. The molecule has 0 bridgehead atoms. The van der Waals surface area contributed by atoms with Crippen LogP contribution in [0.3, 0.4) is 0 Å². The van der Waals surface area contributed by atoms with Gasteiger partial charge in [-0.15, -0.1) is 0 Å². The molecule has 0 aliphatic carbocycles. The summed E-state index contributed by atoms with van der Waals surface area (Å²) in [5, 5.41) is 5.93. The van der Waals surface area contributed by atoms with E-state index in [1.54, 1.807) is 25.1 Å². The first-order chi connectivity index (χ1) is 12.0. The highest BCUT2D eigenvalue weighted by atomic mass is 35.5. The standard InChI is InChI=1S/C16H16ClN5O3/c1-9-11(15(24)22-16(20-9)18-8-19-22)4-6-14(23)21-12-7-10(17)3-5-13(12)25-2/h3,5,7-8H,4,6H2,1-2H3,(H,21,23)(H,18,19,20). The maximum absolute atomic E-state index is 12.4. The molecule has 9 heteroatoms. The molecule has 0 fully saturated rings. The fraction of sp³-hybridized carbons (Fsp3) is 0.250. The van der Waals surface area contributed by atoms with Crippen LogP contribution in [0, 0.1) is 6.92 Å². The number of benzene rings is 1. The van der Waals surface area contributed by atoms with Gasteiger partial charge in [0, 0.05) is 17.0 Å². The number of fused-ring (bicyclic) bond motifs is 1. The number of aromatic nitrogens is 4. The van der Waals surface area contributed by atoms with Crippen LogP contribution in [0.25, 0.3) is 5.78 Å². The summed E-state index contributed by atoms with van der Waals surface area (Å²) in [6.45, 7) is 1.73. The number of aryl methyl sites for hydroxylation is 1. The topological polar surface area (TPSA) is 101 Å². The highest BCUT2D eigenvalue weighted by Crippen LogP contribution is 2.27. The molecule has 0 saturated heterocycles. The third-order valence-electron chi connectivity index (χ3n) is 3.77. The maximum atomic E-state index is 12.4. The second kappa shape index (κ2) is 6.94. The Labute approximate surface area is 147 Å². The molecule has 1 amide bonds. The van der Waals surface area contributed by atoms with Crippen LogP contribution in [0.1, 0.15) is 17.7 Å². The molecular weight excluding hydrogens is 346 g/mol. The Morgan fingerprint density at radius 2 is 2.24 bits per heavy atom. The van der Waals surface area contributed by atoms with Gasteiger partial charge in [-0.2, -0.15) is 4.52 Å². The molecule has 2 heterocycles. The summed E-state index contributed by atoms with van der Waals surface area (Å²) in [4.78, 5) is 32.9. The van der Waals surface area contributed by atoms with E-state index < -0.39 is 0 Å². The summed E-state index contributed by atoms with van der Waals surface area (Å²) in [6, 6.07) is 4.95. The lowest BCUT2D eigenvalue weighted by molar-refractivity contribution is -0.116. The zero-order valence-electron chi connectivity index (χ0n) is 13.7. The smallest absolute Gasteiger partial charge is 0.277 e. The van der Waals surface area contributed by atoms with Gasteiger partial charge in [-0.1, -0.05) is 11.6 Å². The Bertz CT molecular complexity index is 995. The van der Waals surface area contributed by atoms with Crippen LogP contribution in [-0.2, 0) is 11.2 Å². The molecule has 8 nitrogen and oxygen atoms in total. The first kappa shape index (κ1) is 17.0.